The van der Waals surface area contributed by atoms with Gasteiger partial charge in [0.1, 0.15) is 11.6 Å². The molecule has 0 aromatic heterocycles. The van der Waals surface area contributed by atoms with Gasteiger partial charge in [0, 0.05) is 29.8 Å². The number of nitrogens with zero attached hydrogens (tertiary/aromatic N) is 1. The molecule has 3 nitrogen and oxygen atoms in total. The minimum Gasteiger partial charge on any atom is -0.339 e. The minimum absolute atomic E-state index is 0.0154. The van der Waals surface area contributed by atoms with Crippen LogP contribution in [0.15, 0.2) is 42.5 Å². The van der Waals surface area contributed by atoms with E-state index in [4.69, 9.17) is 0 Å². The summed E-state index contributed by atoms with van der Waals surface area (Å²) in [5, 5.41) is 0. The van der Waals surface area contributed by atoms with Crippen molar-refractivity contribution in [3.8, 4) is 0 Å². The number of carbonyl (C=O) groups is 2. The molecule has 0 bridgehead atoms. The highest BCUT2D eigenvalue weighted by molar-refractivity contribution is 5.82. The monoisotopic (exact) mass is 561 g/mol. The molecule has 4 unspecified atom stereocenters. The number of rotatable bonds is 5. The molecule has 2 fully saturated rings. The summed E-state index contributed by atoms with van der Waals surface area (Å²) in [5.41, 5.74) is -2.32. The Kier molecular flexibility index (Phi) is 7.37. The van der Waals surface area contributed by atoms with Gasteiger partial charge < -0.3 is 4.90 Å². The van der Waals surface area contributed by atoms with E-state index in [1.54, 1.807) is 19.1 Å². The van der Waals surface area contributed by atoms with Crippen molar-refractivity contribution in [2.45, 2.75) is 89.0 Å². The van der Waals surface area contributed by atoms with E-state index in [1.807, 2.05) is 17.9 Å². The Labute approximate surface area is 232 Å². The maximum atomic E-state index is 14.9. The number of alkyl halides is 4. The normalized spacial score (nSPS) is 29.9. The molecule has 0 N–H and O–H groups in total. The summed E-state index contributed by atoms with van der Waals surface area (Å²) in [6, 6.07) is 10.2. The molecule has 1 saturated heterocycles. The summed E-state index contributed by atoms with van der Waals surface area (Å²) in [6.07, 6.45) is -1.07. The summed E-state index contributed by atoms with van der Waals surface area (Å²) in [5.74, 6) is -0.296. The maximum absolute atomic E-state index is 14.9. The molecule has 5 rings (SSSR count). The van der Waals surface area contributed by atoms with Crippen LogP contribution in [0.5, 0.6) is 0 Å². The van der Waals surface area contributed by atoms with Crippen molar-refractivity contribution in [2.75, 3.05) is 6.54 Å². The smallest absolute Gasteiger partial charge is 0.339 e. The third-order valence-corrected chi connectivity index (χ3v) is 9.97. The second kappa shape index (κ2) is 10.3. The van der Waals surface area contributed by atoms with Crippen molar-refractivity contribution in [3.05, 3.63) is 70.5 Å². The molecule has 2 aromatic carbocycles. The van der Waals surface area contributed by atoms with E-state index >= 15 is 0 Å². The fourth-order valence-corrected chi connectivity index (χ4v) is 7.64. The second-order valence-corrected chi connectivity index (χ2v) is 12.4. The fourth-order valence-electron chi connectivity index (χ4n) is 7.64. The number of Topliss-reactive ketones (excluding diaryl/α,β-unsaturated/α-hetero) is 1. The highest BCUT2D eigenvalue weighted by Gasteiger charge is 2.56. The number of amides is 1. The van der Waals surface area contributed by atoms with Gasteiger partial charge in [-0.15, -0.1) is 0 Å². The van der Waals surface area contributed by atoms with E-state index in [1.165, 1.54) is 24.3 Å². The van der Waals surface area contributed by atoms with Crippen LogP contribution < -0.4 is 0 Å². The summed E-state index contributed by atoms with van der Waals surface area (Å²) in [6.45, 7) is 4.66. The first-order valence-electron chi connectivity index (χ1n) is 14.2. The summed E-state index contributed by atoms with van der Waals surface area (Å²) in [7, 11) is 0. The molecule has 216 valence electrons. The Morgan fingerprint density at radius 1 is 1.05 bits per heavy atom. The maximum Gasteiger partial charge on any atom is 0.426 e. The molecule has 1 heterocycles. The van der Waals surface area contributed by atoms with Crippen molar-refractivity contribution >= 4 is 11.7 Å². The molecule has 3 aliphatic rings. The second-order valence-electron chi connectivity index (χ2n) is 12.4. The first-order valence-corrected chi connectivity index (χ1v) is 14.2. The number of ketones is 1. The Bertz CT molecular complexity index is 1300. The van der Waals surface area contributed by atoms with E-state index in [0.717, 1.165) is 11.1 Å². The quantitative estimate of drug-likeness (QED) is 0.361. The fraction of sp³-hybridized carbons (Fsp3) is 0.562. The lowest BCUT2D eigenvalue weighted by atomic mass is 9.63. The van der Waals surface area contributed by atoms with Crippen LogP contribution in [-0.2, 0) is 33.5 Å². The molecule has 1 amide bonds. The van der Waals surface area contributed by atoms with Gasteiger partial charge in [0.25, 0.3) is 0 Å². The number of fused-ring (bicyclic) bond motifs is 3. The predicted octanol–water partition coefficient (Wildman–Crippen LogP) is 7.24. The Morgan fingerprint density at radius 2 is 1.80 bits per heavy atom. The molecule has 1 aliphatic heterocycles. The summed E-state index contributed by atoms with van der Waals surface area (Å²) >= 11 is 0. The SMILES string of the molecule is CC(=O)C1CC[C@@H](C(=O)N2CCC3(Cc4cccc(F)c4)c4ccc(C(C)(F)C(F)(F)F)cc4CCC23)[C@@H](C)C1. The van der Waals surface area contributed by atoms with Gasteiger partial charge in [-0.05, 0) is 99.1 Å². The van der Waals surface area contributed by atoms with Crippen LogP contribution in [0.25, 0.3) is 0 Å². The standard InChI is InChI=1S/C32H36F5NO2/c1-19-15-22(20(2)39)7-10-26(19)29(40)38-14-13-31(18-21-5-4-6-25(33)16-21)27-11-9-24(30(3,34)32(35,36)37)17-23(27)8-12-28(31)38/h4-6,9,11,16-17,19,22,26,28H,7-8,10,12-15,18H2,1-3H3/t19-,22?,26+,28?,30?,31?/m0/s1. The molecule has 8 heteroatoms. The lowest BCUT2D eigenvalue weighted by Gasteiger charge is -2.45. The third kappa shape index (κ3) is 4.85. The number of hydrogen-bond acceptors (Lipinski definition) is 2. The first-order chi connectivity index (χ1) is 18.7. The van der Waals surface area contributed by atoms with Crippen molar-refractivity contribution in [3.63, 3.8) is 0 Å². The van der Waals surface area contributed by atoms with Crippen molar-refractivity contribution in [2.24, 2.45) is 17.8 Å². The third-order valence-electron chi connectivity index (χ3n) is 9.97. The van der Waals surface area contributed by atoms with Crippen molar-refractivity contribution in [1.82, 2.24) is 4.90 Å². The Morgan fingerprint density at radius 3 is 2.45 bits per heavy atom. The van der Waals surface area contributed by atoms with Gasteiger partial charge >= 0.3 is 6.18 Å². The van der Waals surface area contributed by atoms with Crippen LogP contribution in [0.1, 0.15) is 75.1 Å². The van der Waals surface area contributed by atoms with E-state index in [2.05, 4.69) is 0 Å². The van der Waals surface area contributed by atoms with Crippen LogP contribution in [0, 0.1) is 23.6 Å². The molecule has 2 aromatic rings. The molecule has 0 spiro atoms. The zero-order chi connectivity index (χ0) is 29.0. The molecule has 40 heavy (non-hydrogen) atoms. The average Bonchev–Trinajstić information content (AvgIpc) is 3.26. The van der Waals surface area contributed by atoms with Gasteiger partial charge in [0.15, 0.2) is 0 Å². The average molecular weight is 562 g/mol. The number of carbonyl (C=O) groups excluding carboxylic acids is 2. The summed E-state index contributed by atoms with van der Waals surface area (Å²) in [4.78, 5) is 27.9. The largest absolute Gasteiger partial charge is 0.426 e. The Hall–Kier alpha value is -2.77. The van der Waals surface area contributed by atoms with Crippen LogP contribution in [0.3, 0.4) is 0 Å². The number of halogens is 5. The lowest BCUT2D eigenvalue weighted by Crippen LogP contribution is -2.51. The number of hydrogen-bond donors (Lipinski definition) is 0. The van der Waals surface area contributed by atoms with Gasteiger partial charge in [-0.3, -0.25) is 9.59 Å². The summed E-state index contributed by atoms with van der Waals surface area (Å²) < 4.78 is 69.6. The lowest BCUT2D eigenvalue weighted by molar-refractivity contribution is -0.228. The Balaban J connectivity index is 1.51. The van der Waals surface area contributed by atoms with Crippen LogP contribution in [0.2, 0.25) is 0 Å². The van der Waals surface area contributed by atoms with Gasteiger partial charge in [0.2, 0.25) is 11.6 Å². The zero-order valence-corrected chi connectivity index (χ0v) is 23.2. The minimum atomic E-state index is -5.05. The van der Waals surface area contributed by atoms with Crippen LogP contribution in [0.4, 0.5) is 22.0 Å². The molecular weight excluding hydrogens is 525 g/mol. The highest BCUT2D eigenvalue weighted by atomic mass is 19.4. The van der Waals surface area contributed by atoms with Gasteiger partial charge in [0.05, 0.1) is 0 Å². The van der Waals surface area contributed by atoms with Crippen LogP contribution >= 0.6 is 0 Å². The molecule has 1 saturated carbocycles. The van der Waals surface area contributed by atoms with Gasteiger partial charge in [-0.2, -0.15) is 13.2 Å². The van der Waals surface area contributed by atoms with E-state index < -0.39 is 22.8 Å². The highest BCUT2D eigenvalue weighted by Crippen LogP contribution is 2.52. The number of benzene rings is 2. The molecule has 2 aliphatic carbocycles. The van der Waals surface area contributed by atoms with Gasteiger partial charge in [-0.25, -0.2) is 8.78 Å². The van der Waals surface area contributed by atoms with E-state index in [0.29, 0.717) is 64.0 Å². The zero-order valence-electron chi connectivity index (χ0n) is 23.2. The van der Waals surface area contributed by atoms with E-state index in [-0.39, 0.29) is 41.3 Å². The van der Waals surface area contributed by atoms with Crippen molar-refractivity contribution < 1.29 is 31.5 Å². The number of likely N-dealkylation sites (tertiary alicyclic amines) is 1. The molecule has 6 atom stereocenters. The van der Waals surface area contributed by atoms with Gasteiger partial charge in [-0.1, -0.05) is 37.3 Å². The van der Waals surface area contributed by atoms with Crippen LogP contribution in [-0.4, -0.2) is 35.4 Å². The van der Waals surface area contributed by atoms with E-state index in [9.17, 15) is 31.5 Å². The predicted molar refractivity (Wildman–Crippen MR) is 142 cm³/mol. The topological polar surface area (TPSA) is 37.4 Å². The molecular formula is C32H36F5NO2. The first kappa shape index (κ1) is 28.7. The van der Waals surface area contributed by atoms with Crippen molar-refractivity contribution in [1.29, 1.82) is 0 Å². The molecule has 0 radical (unpaired) electrons. The number of aryl methyl sites for hydroxylation is 1.